The van der Waals surface area contributed by atoms with Gasteiger partial charge in [-0.1, -0.05) is 42.5 Å². The van der Waals surface area contributed by atoms with E-state index in [1.54, 1.807) is 7.05 Å². The van der Waals surface area contributed by atoms with E-state index in [1.165, 1.54) is 5.56 Å². The van der Waals surface area contributed by atoms with Gasteiger partial charge in [-0.05, 0) is 36.1 Å². The molecule has 0 atom stereocenters. The molecule has 0 radical (unpaired) electrons. The molecule has 1 saturated carbocycles. The van der Waals surface area contributed by atoms with Gasteiger partial charge in [-0.2, -0.15) is 0 Å². The van der Waals surface area contributed by atoms with Crippen molar-refractivity contribution in [2.24, 2.45) is 4.99 Å². The van der Waals surface area contributed by atoms with Crippen LogP contribution in [0.3, 0.4) is 0 Å². The molecular formula is C21H26N4O2. The Labute approximate surface area is 160 Å². The highest BCUT2D eigenvalue weighted by atomic mass is 16.5. The summed E-state index contributed by atoms with van der Waals surface area (Å²) in [6.45, 7) is 1.37. The van der Waals surface area contributed by atoms with E-state index in [4.69, 9.17) is 4.74 Å². The molecule has 0 unspecified atom stereocenters. The Morgan fingerprint density at radius 3 is 2.44 bits per heavy atom. The minimum Gasteiger partial charge on any atom is -0.484 e. The number of carbonyl (C=O) groups excluding carboxylic acids is 1. The molecule has 1 aliphatic rings. The van der Waals surface area contributed by atoms with Gasteiger partial charge in [0.2, 0.25) is 0 Å². The third-order valence-corrected chi connectivity index (χ3v) is 4.20. The van der Waals surface area contributed by atoms with Crippen LogP contribution in [0.15, 0.2) is 59.6 Å². The summed E-state index contributed by atoms with van der Waals surface area (Å²) in [6, 6.07) is 18.2. The molecule has 0 saturated heterocycles. The first-order chi connectivity index (χ1) is 13.2. The Bertz CT molecular complexity index is 773. The summed E-state index contributed by atoms with van der Waals surface area (Å²) in [7, 11) is 1.75. The van der Waals surface area contributed by atoms with E-state index < -0.39 is 0 Å². The molecule has 0 aromatic heterocycles. The van der Waals surface area contributed by atoms with Crippen LogP contribution in [0.25, 0.3) is 0 Å². The average Bonchev–Trinajstić information content (AvgIpc) is 3.52. The minimum absolute atomic E-state index is 0.0493. The van der Waals surface area contributed by atoms with Crippen molar-refractivity contribution in [3.05, 3.63) is 65.7 Å². The van der Waals surface area contributed by atoms with E-state index in [1.807, 2.05) is 42.5 Å². The van der Waals surface area contributed by atoms with E-state index in [9.17, 15) is 4.79 Å². The van der Waals surface area contributed by atoms with Crippen LogP contribution < -0.4 is 20.7 Å². The topological polar surface area (TPSA) is 74.8 Å². The standard InChI is InChI=1S/C21H26N4O2/c1-22-21(23-13-16-6-3-2-4-7-16)24-14-17-8-5-9-19(12-17)27-15-20(26)25-18-10-11-18/h2-9,12,18H,10-11,13-15H2,1H3,(H,25,26)(H2,22,23,24). The Morgan fingerprint density at radius 2 is 1.74 bits per heavy atom. The molecule has 1 aliphatic carbocycles. The lowest BCUT2D eigenvalue weighted by atomic mass is 10.2. The van der Waals surface area contributed by atoms with E-state index in [0.29, 0.717) is 24.9 Å². The Balaban J connectivity index is 1.44. The van der Waals surface area contributed by atoms with Gasteiger partial charge in [0.25, 0.3) is 5.91 Å². The summed E-state index contributed by atoms with van der Waals surface area (Å²) >= 11 is 0. The molecule has 142 valence electrons. The summed E-state index contributed by atoms with van der Waals surface area (Å²) in [5.74, 6) is 1.35. The molecule has 2 aromatic rings. The van der Waals surface area contributed by atoms with Crippen molar-refractivity contribution in [3.63, 3.8) is 0 Å². The number of aliphatic imine (C=N–C) groups is 1. The lowest BCUT2D eigenvalue weighted by molar-refractivity contribution is -0.123. The van der Waals surface area contributed by atoms with Gasteiger partial charge < -0.3 is 20.7 Å². The molecule has 1 amide bonds. The molecule has 0 aliphatic heterocycles. The zero-order valence-electron chi connectivity index (χ0n) is 15.6. The summed E-state index contributed by atoms with van der Waals surface area (Å²) in [5, 5.41) is 9.49. The van der Waals surface area contributed by atoms with Crippen molar-refractivity contribution in [1.29, 1.82) is 0 Å². The van der Waals surface area contributed by atoms with E-state index in [0.717, 1.165) is 24.4 Å². The Kier molecular flexibility index (Phi) is 6.68. The molecular weight excluding hydrogens is 340 g/mol. The second kappa shape index (κ2) is 9.62. The zero-order valence-corrected chi connectivity index (χ0v) is 15.6. The third kappa shape index (κ3) is 6.66. The van der Waals surface area contributed by atoms with Crippen molar-refractivity contribution in [2.75, 3.05) is 13.7 Å². The van der Waals surface area contributed by atoms with Crippen LogP contribution in [0.2, 0.25) is 0 Å². The molecule has 2 aromatic carbocycles. The number of hydrogen-bond donors (Lipinski definition) is 3. The zero-order chi connectivity index (χ0) is 18.9. The molecule has 0 heterocycles. The maximum atomic E-state index is 11.7. The fraction of sp³-hybridized carbons (Fsp3) is 0.333. The summed E-state index contributed by atoms with van der Waals surface area (Å²) < 4.78 is 5.59. The van der Waals surface area contributed by atoms with Crippen LogP contribution in [0.1, 0.15) is 24.0 Å². The lowest BCUT2D eigenvalue weighted by Gasteiger charge is -2.13. The summed E-state index contributed by atoms with van der Waals surface area (Å²) in [4.78, 5) is 16.0. The number of carbonyl (C=O) groups is 1. The molecule has 6 nitrogen and oxygen atoms in total. The number of nitrogens with zero attached hydrogens (tertiary/aromatic N) is 1. The van der Waals surface area contributed by atoms with Gasteiger partial charge in [-0.15, -0.1) is 0 Å². The largest absolute Gasteiger partial charge is 0.484 e. The van der Waals surface area contributed by atoms with Crippen molar-refractivity contribution < 1.29 is 9.53 Å². The molecule has 0 bridgehead atoms. The average molecular weight is 366 g/mol. The highest BCUT2D eigenvalue weighted by molar-refractivity contribution is 5.79. The Morgan fingerprint density at radius 1 is 1.04 bits per heavy atom. The van der Waals surface area contributed by atoms with Gasteiger partial charge in [0.15, 0.2) is 12.6 Å². The van der Waals surface area contributed by atoms with Crippen molar-refractivity contribution >= 4 is 11.9 Å². The van der Waals surface area contributed by atoms with Gasteiger partial charge in [0.05, 0.1) is 0 Å². The normalized spacial score (nSPS) is 13.7. The smallest absolute Gasteiger partial charge is 0.258 e. The van der Waals surface area contributed by atoms with Gasteiger partial charge in [0, 0.05) is 26.2 Å². The second-order valence-corrected chi connectivity index (χ2v) is 6.54. The predicted octanol–water partition coefficient (Wildman–Crippen LogP) is 2.21. The van der Waals surface area contributed by atoms with Crippen LogP contribution in [0.5, 0.6) is 5.75 Å². The molecule has 0 spiro atoms. The third-order valence-electron chi connectivity index (χ3n) is 4.20. The van der Waals surface area contributed by atoms with Crippen LogP contribution in [-0.4, -0.2) is 31.6 Å². The lowest BCUT2D eigenvalue weighted by Crippen LogP contribution is -2.36. The summed E-state index contributed by atoms with van der Waals surface area (Å²) in [5.41, 5.74) is 2.25. The van der Waals surface area contributed by atoms with E-state index >= 15 is 0 Å². The fourth-order valence-corrected chi connectivity index (χ4v) is 2.58. The SMILES string of the molecule is CN=C(NCc1ccccc1)NCc1cccc(OCC(=O)NC2CC2)c1. The maximum Gasteiger partial charge on any atom is 0.258 e. The quantitative estimate of drug-likeness (QED) is 0.495. The number of ether oxygens (including phenoxy) is 1. The number of hydrogen-bond acceptors (Lipinski definition) is 3. The molecule has 3 rings (SSSR count). The molecule has 6 heteroatoms. The summed E-state index contributed by atoms with van der Waals surface area (Å²) in [6.07, 6.45) is 2.15. The number of guanidine groups is 1. The number of benzene rings is 2. The van der Waals surface area contributed by atoms with Crippen molar-refractivity contribution in [1.82, 2.24) is 16.0 Å². The van der Waals surface area contributed by atoms with Gasteiger partial charge in [-0.3, -0.25) is 9.79 Å². The predicted molar refractivity (Wildman–Crippen MR) is 107 cm³/mol. The fourth-order valence-electron chi connectivity index (χ4n) is 2.58. The van der Waals surface area contributed by atoms with E-state index in [-0.39, 0.29) is 12.5 Å². The second-order valence-electron chi connectivity index (χ2n) is 6.54. The van der Waals surface area contributed by atoms with Crippen LogP contribution in [-0.2, 0) is 17.9 Å². The number of rotatable bonds is 8. The monoisotopic (exact) mass is 366 g/mol. The highest BCUT2D eigenvalue weighted by Crippen LogP contribution is 2.18. The van der Waals surface area contributed by atoms with E-state index in [2.05, 4.69) is 33.1 Å². The van der Waals surface area contributed by atoms with Gasteiger partial charge in [-0.25, -0.2) is 0 Å². The Hall–Kier alpha value is -3.02. The highest BCUT2D eigenvalue weighted by Gasteiger charge is 2.23. The molecule has 3 N–H and O–H groups in total. The molecule has 27 heavy (non-hydrogen) atoms. The molecule has 1 fully saturated rings. The van der Waals surface area contributed by atoms with Crippen molar-refractivity contribution in [2.45, 2.75) is 32.0 Å². The van der Waals surface area contributed by atoms with Crippen molar-refractivity contribution in [3.8, 4) is 5.75 Å². The maximum absolute atomic E-state index is 11.7. The first kappa shape index (κ1) is 18.8. The first-order valence-corrected chi connectivity index (χ1v) is 9.22. The van der Waals surface area contributed by atoms with Crippen LogP contribution in [0, 0.1) is 0 Å². The van der Waals surface area contributed by atoms with Crippen LogP contribution in [0.4, 0.5) is 0 Å². The number of nitrogens with one attached hydrogen (secondary N) is 3. The van der Waals surface area contributed by atoms with Gasteiger partial charge >= 0.3 is 0 Å². The van der Waals surface area contributed by atoms with Crippen LogP contribution >= 0.6 is 0 Å². The van der Waals surface area contributed by atoms with Gasteiger partial charge in [0.1, 0.15) is 5.75 Å². The first-order valence-electron chi connectivity index (χ1n) is 9.22. The number of amides is 1. The minimum atomic E-state index is -0.0634.